The summed E-state index contributed by atoms with van der Waals surface area (Å²) in [5.41, 5.74) is 11.0. The van der Waals surface area contributed by atoms with Crippen LogP contribution in [0, 0.1) is 0 Å². The quantitative estimate of drug-likeness (QED) is 0.175. The maximum absolute atomic E-state index is 6.40. The van der Waals surface area contributed by atoms with Gasteiger partial charge < -0.3 is 8.83 Å². The van der Waals surface area contributed by atoms with Crippen molar-refractivity contribution in [3.63, 3.8) is 0 Å². The Morgan fingerprint density at radius 2 is 0.904 bits per heavy atom. The van der Waals surface area contributed by atoms with Crippen molar-refractivity contribution in [2.45, 2.75) is 0 Å². The third kappa shape index (κ3) is 5.30. The summed E-state index contributed by atoms with van der Waals surface area (Å²) in [6.45, 7) is 0. The van der Waals surface area contributed by atoms with Crippen LogP contribution in [-0.2, 0) is 0 Å². The number of benzene rings is 7. The van der Waals surface area contributed by atoms with E-state index in [0.29, 0.717) is 23.4 Å². The van der Waals surface area contributed by atoms with Crippen LogP contribution in [0.4, 0.5) is 0 Å². The number of nitrogens with zero attached hydrogens (tertiary/aromatic N) is 4. The zero-order valence-corrected chi connectivity index (χ0v) is 27.8. The van der Waals surface area contributed by atoms with Crippen molar-refractivity contribution in [2.75, 3.05) is 0 Å². The van der Waals surface area contributed by atoms with Gasteiger partial charge in [0.1, 0.15) is 16.7 Å². The van der Waals surface area contributed by atoms with Crippen molar-refractivity contribution in [3.05, 3.63) is 170 Å². The van der Waals surface area contributed by atoms with Crippen LogP contribution in [0.1, 0.15) is 0 Å². The van der Waals surface area contributed by atoms with E-state index in [9.17, 15) is 0 Å². The molecule has 0 unspecified atom stereocenters. The Bertz CT molecular complexity index is 2840. The molecule has 244 valence electrons. The van der Waals surface area contributed by atoms with Gasteiger partial charge in [-0.05, 0) is 64.7 Å². The second-order valence-corrected chi connectivity index (χ2v) is 12.7. The molecule has 0 bridgehead atoms. The van der Waals surface area contributed by atoms with E-state index < -0.39 is 0 Å². The van der Waals surface area contributed by atoms with Crippen LogP contribution in [0.3, 0.4) is 0 Å². The van der Waals surface area contributed by atoms with Crippen molar-refractivity contribution in [1.29, 1.82) is 0 Å². The predicted octanol–water partition coefficient (Wildman–Crippen LogP) is 11.9. The van der Waals surface area contributed by atoms with Gasteiger partial charge in [0.2, 0.25) is 5.89 Å². The molecule has 0 atom stereocenters. The van der Waals surface area contributed by atoms with Gasteiger partial charge in [-0.3, -0.25) is 0 Å². The number of hydrogen-bond donors (Lipinski definition) is 0. The molecule has 10 aromatic rings. The molecule has 0 fully saturated rings. The molecule has 0 saturated carbocycles. The van der Waals surface area contributed by atoms with E-state index in [0.717, 1.165) is 77.5 Å². The van der Waals surface area contributed by atoms with Crippen molar-refractivity contribution in [2.24, 2.45) is 0 Å². The third-order valence-corrected chi connectivity index (χ3v) is 9.37. The number of fused-ring (bicyclic) bond motifs is 4. The number of aromatic nitrogens is 4. The highest BCUT2D eigenvalue weighted by Crippen LogP contribution is 2.39. The van der Waals surface area contributed by atoms with Gasteiger partial charge in [0, 0.05) is 33.0 Å². The van der Waals surface area contributed by atoms with E-state index in [1.807, 2.05) is 115 Å². The fourth-order valence-corrected chi connectivity index (χ4v) is 6.81. The van der Waals surface area contributed by atoms with Crippen molar-refractivity contribution < 1.29 is 8.83 Å². The summed E-state index contributed by atoms with van der Waals surface area (Å²) in [6.07, 6.45) is 0. The normalized spacial score (nSPS) is 11.5. The lowest BCUT2D eigenvalue weighted by Crippen LogP contribution is -2.00. The average molecular weight is 669 g/mol. The molecule has 0 aliphatic heterocycles. The van der Waals surface area contributed by atoms with Gasteiger partial charge in [0.05, 0.1) is 0 Å². The zero-order chi connectivity index (χ0) is 34.4. The summed E-state index contributed by atoms with van der Waals surface area (Å²) in [5, 5.41) is 1.92. The predicted molar refractivity (Wildman–Crippen MR) is 207 cm³/mol. The van der Waals surface area contributed by atoms with Crippen LogP contribution >= 0.6 is 0 Å². The Morgan fingerprint density at radius 1 is 0.327 bits per heavy atom. The number of furan rings is 1. The molecule has 0 radical (unpaired) electrons. The molecule has 52 heavy (non-hydrogen) atoms. The lowest BCUT2D eigenvalue weighted by molar-refractivity contribution is 0.620. The minimum absolute atomic E-state index is 0.582. The molecule has 0 spiro atoms. The molecule has 0 amide bonds. The average Bonchev–Trinajstić information content (AvgIpc) is 3.83. The van der Waals surface area contributed by atoms with E-state index in [2.05, 4.69) is 54.6 Å². The highest BCUT2D eigenvalue weighted by molar-refractivity contribution is 6.12. The molecular weight excluding hydrogens is 641 g/mol. The van der Waals surface area contributed by atoms with E-state index in [1.165, 1.54) is 0 Å². The fraction of sp³-hybridized carbons (Fsp3) is 0. The molecule has 7 aromatic carbocycles. The van der Waals surface area contributed by atoms with Crippen molar-refractivity contribution >= 4 is 33.0 Å². The monoisotopic (exact) mass is 668 g/mol. The first-order valence-electron chi connectivity index (χ1n) is 17.1. The topological polar surface area (TPSA) is 77.8 Å². The Morgan fingerprint density at radius 3 is 1.63 bits per heavy atom. The summed E-state index contributed by atoms with van der Waals surface area (Å²) >= 11 is 0. The smallest absolute Gasteiger partial charge is 0.227 e. The van der Waals surface area contributed by atoms with Crippen LogP contribution < -0.4 is 0 Å². The van der Waals surface area contributed by atoms with E-state index in [4.69, 9.17) is 28.8 Å². The molecule has 6 nitrogen and oxygen atoms in total. The largest absolute Gasteiger partial charge is 0.456 e. The number of hydrogen-bond acceptors (Lipinski definition) is 6. The molecule has 10 rings (SSSR count). The zero-order valence-electron chi connectivity index (χ0n) is 27.8. The Balaban J connectivity index is 1.08. The molecule has 3 aromatic heterocycles. The number of rotatable bonds is 6. The molecule has 0 N–H and O–H groups in total. The first kappa shape index (κ1) is 29.7. The standard InChI is InChI=1S/C46H28N4O2/c1-4-12-29(13-5-1)32-18-10-19-35(26-32)46-47-38-24-22-34(28-41(38)52-46)33-23-25-39-37(27-33)42-36(20-11-21-40(42)51-39)45-49-43(30-14-6-2-7-15-30)48-44(50-45)31-16-8-3-9-17-31/h1-28H. The lowest BCUT2D eigenvalue weighted by atomic mass is 10.0. The molecule has 0 aliphatic rings. The maximum atomic E-state index is 6.40. The summed E-state index contributed by atoms with van der Waals surface area (Å²) in [4.78, 5) is 19.8. The van der Waals surface area contributed by atoms with Crippen molar-refractivity contribution in [1.82, 2.24) is 19.9 Å². The SMILES string of the molecule is c1ccc(-c2cccc(-c3nc4ccc(-c5ccc6oc7cccc(-c8nc(-c9ccccc9)nc(-c9ccccc9)n8)c7c6c5)cc4o3)c2)cc1. The van der Waals surface area contributed by atoms with Gasteiger partial charge in [0.25, 0.3) is 0 Å². The van der Waals surface area contributed by atoms with Crippen LogP contribution in [0.2, 0.25) is 0 Å². The summed E-state index contributed by atoms with van der Waals surface area (Å²) in [5.74, 6) is 2.40. The Labute approximate surface area is 298 Å². The highest BCUT2D eigenvalue weighted by atomic mass is 16.3. The van der Waals surface area contributed by atoms with E-state index in [-0.39, 0.29) is 0 Å². The first-order valence-corrected chi connectivity index (χ1v) is 17.1. The van der Waals surface area contributed by atoms with Crippen molar-refractivity contribution in [3.8, 4) is 67.9 Å². The van der Waals surface area contributed by atoms with Gasteiger partial charge in [-0.2, -0.15) is 0 Å². The van der Waals surface area contributed by atoms with Crippen LogP contribution in [0.5, 0.6) is 0 Å². The Hall–Kier alpha value is -7.18. The van der Waals surface area contributed by atoms with Gasteiger partial charge in [0.15, 0.2) is 23.1 Å². The van der Waals surface area contributed by atoms with E-state index >= 15 is 0 Å². The Kier molecular flexibility index (Phi) is 7.03. The molecule has 3 heterocycles. The van der Waals surface area contributed by atoms with Gasteiger partial charge in [-0.15, -0.1) is 0 Å². The maximum Gasteiger partial charge on any atom is 0.227 e. The van der Waals surface area contributed by atoms with Crippen LogP contribution in [0.15, 0.2) is 179 Å². The van der Waals surface area contributed by atoms with Gasteiger partial charge in [-0.1, -0.05) is 127 Å². The summed E-state index contributed by atoms with van der Waals surface area (Å²) in [6, 6.07) is 57.1. The summed E-state index contributed by atoms with van der Waals surface area (Å²) in [7, 11) is 0. The second-order valence-electron chi connectivity index (χ2n) is 12.7. The minimum Gasteiger partial charge on any atom is -0.456 e. The third-order valence-electron chi connectivity index (χ3n) is 9.37. The number of oxazole rings is 1. The summed E-state index contributed by atoms with van der Waals surface area (Å²) < 4.78 is 12.8. The lowest BCUT2D eigenvalue weighted by Gasteiger charge is -2.09. The fourth-order valence-electron chi connectivity index (χ4n) is 6.81. The first-order chi connectivity index (χ1) is 25.7. The van der Waals surface area contributed by atoms with Gasteiger partial charge >= 0.3 is 0 Å². The molecular formula is C46H28N4O2. The molecule has 0 saturated heterocycles. The highest BCUT2D eigenvalue weighted by Gasteiger charge is 2.19. The van der Waals surface area contributed by atoms with E-state index in [1.54, 1.807) is 0 Å². The minimum atomic E-state index is 0.582. The molecule has 6 heteroatoms. The van der Waals surface area contributed by atoms with Crippen LogP contribution in [0.25, 0.3) is 101 Å². The van der Waals surface area contributed by atoms with Crippen LogP contribution in [-0.4, -0.2) is 19.9 Å². The second kappa shape index (κ2) is 12.3. The van der Waals surface area contributed by atoms with Gasteiger partial charge in [-0.25, -0.2) is 19.9 Å². The molecule has 0 aliphatic carbocycles.